The van der Waals surface area contributed by atoms with Crippen molar-refractivity contribution in [2.24, 2.45) is 0 Å². The van der Waals surface area contributed by atoms with E-state index in [1.54, 1.807) is 30.3 Å². The Morgan fingerprint density at radius 3 is 1.42 bits per heavy atom. The number of aromatic hydroxyl groups is 6. The average Bonchev–Trinajstić information content (AvgIpc) is 2.77. The molecular weight excluding hydrogens is 428 g/mol. The van der Waals surface area contributed by atoms with Gasteiger partial charge in [0.2, 0.25) is 0 Å². The monoisotopic (exact) mass is 452 g/mol. The van der Waals surface area contributed by atoms with Crippen LogP contribution in [-0.2, 0) is 0 Å². The average molecular weight is 452 g/mol. The maximum Gasteiger partial charge on any atom is 0.170 e. The number of hydrogen-bond acceptors (Lipinski definition) is 8. The highest BCUT2D eigenvalue weighted by Gasteiger charge is 2.34. The molecule has 3 rings (SSSR count). The van der Waals surface area contributed by atoms with E-state index in [4.69, 9.17) is 0 Å². The maximum atomic E-state index is 12.4. The van der Waals surface area contributed by atoms with Crippen LogP contribution in [-0.4, -0.2) is 42.2 Å². The molecule has 0 aliphatic heterocycles. The fourth-order valence-electron chi connectivity index (χ4n) is 3.91. The lowest BCUT2D eigenvalue weighted by Crippen LogP contribution is -2.10. The summed E-state index contributed by atoms with van der Waals surface area (Å²) in [7, 11) is 0. The van der Waals surface area contributed by atoms with E-state index in [0.29, 0.717) is 5.56 Å². The Morgan fingerprint density at radius 1 is 0.667 bits per heavy atom. The van der Waals surface area contributed by atoms with Crippen LogP contribution in [0.4, 0.5) is 0 Å². The molecule has 0 unspecified atom stereocenters. The van der Waals surface area contributed by atoms with Crippen molar-refractivity contribution >= 4 is 11.6 Å². The Hall–Kier alpha value is -4.20. The van der Waals surface area contributed by atoms with E-state index >= 15 is 0 Å². The third-order valence-corrected chi connectivity index (χ3v) is 5.51. The summed E-state index contributed by atoms with van der Waals surface area (Å²) >= 11 is 0. The second-order valence-electron chi connectivity index (χ2n) is 7.50. The largest absolute Gasteiger partial charge is 0.507 e. The highest BCUT2D eigenvalue weighted by Crippen LogP contribution is 2.52. The van der Waals surface area contributed by atoms with Crippen LogP contribution in [0, 0.1) is 0 Å². The van der Waals surface area contributed by atoms with Gasteiger partial charge in [-0.25, -0.2) is 0 Å². The number of hydrogen-bond donors (Lipinski definition) is 6. The normalized spacial score (nSPS) is 11.0. The second kappa shape index (κ2) is 9.12. The van der Waals surface area contributed by atoms with E-state index in [-0.39, 0.29) is 24.0 Å². The molecule has 0 heterocycles. The molecule has 0 amide bonds. The van der Waals surface area contributed by atoms with Gasteiger partial charge in [-0.3, -0.25) is 9.59 Å². The van der Waals surface area contributed by atoms with E-state index in [1.807, 2.05) is 0 Å². The summed E-state index contributed by atoms with van der Waals surface area (Å²) in [4.78, 5) is 24.8. The third kappa shape index (κ3) is 4.03. The van der Waals surface area contributed by atoms with E-state index < -0.39 is 63.1 Å². The summed E-state index contributed by atoms with van der Waals surface area (Å²) in [6.45, 7) is 3.06. The Labute approximate surface area is 189 Å². The molecule has 8 nitrogen and oxygen atoms in total. The standard InChI is InChI=1S/C25H24O8/c1-3-13(26)20-15(28)10-17(30)22(24(20)32)19(12-8-6-5-7-9-12)23-18(31)11-16(29)21(25(23)33)14(27)4-2/h5-11,19,28-33H,3-4H2,1-2H3. The van der Waals surface area contributed by atoms with Crippen molar-refractivity contribution in [2.75, 3.05) is 0 Å². The molecule has 0 fully saturated rings. The first kappa shape index (κ1) is 23.5. The summed E-state index contributed by atoms with van der Waals surface area (Å²) in [5, 5.41) is 63.8. The Morgan fingerprint density at radius 2 is 1.06 bits per heavy atom. The number of phenols is 6. The smallest absolute Gasteiger partial charge is 0.170 e. The van der Waals surface area contributed by atoms with Crippen molar-refractivity contribution in [1.82, 2.24) is 0 Å². The molecule has 0 radical (unpaired) electrons. The molecule has 3 aromatic carbocycles. The number of benzene rings is 3. The minimum Gasteiger partial charge on any atom is -0.507 e. The highest BCUT2D eigenvalue weighted by atomic mass is 16.3. The summed E-state index contributed by atoms with van der Waals surface area (Å²) < 4.78 is 0. The number of rotatable bonds is 7. The number of Topliss-reactive ketones (excluding diaryl/α,β-unsaturated/α-hetero) is 2. The van der Waals surface area contributed by atoms with Gasteiger partial charge in [0, 0.05) is 42.0 Å². The van der Waals surface area contributed by atoms with E-state index in [1.165, 1.54) is 13.8 Å². The van der Waals surface area contributed by atoms with Gasteiger partial charge in [-0.2, -0.15) is 0 Å². The maximum absolute atomic E-state index is 12.4. The van der Waals surface area contributed by atoms with Gasteiger partial charge in [-0.1, -0.05) is 44.2 Å². The first-order valence-corrected chi connectivity index (χ1v) is 10.3. The molecular formula is C25H24O8. The SMILES string of the molecule is CCC(=O)c1c(O)cc(O)c(C(c2ccccc2)c2c(O)cc(O)c(C(=O)CC)c2O)c1O. The Bertz CT molecular complexity index is 1150. The van der Waals surface area contributed by atoms with Gasteiger partial charge < -0.3 is 30.6 Å². The predicted molar refractivity (Wildman–Crippen MR) is 120 cm³/mol. The van der Waals surface area contributed by atoms with Crippen molar-refractivity contribution in [2.45, 2.75) is 32.6 Å². The predicted octanol–water partition coefficient (Wildman–Crippen LogP) is 4.29. The molecule has 0 aromatic heterocycles. The lowest BCUT2D eigenvalue weighted by molar-refractivity contribution is 0.0974. The zero-order valence-electron chi connectivity index (χ0n) is 18.0. The van der Waals surface area contributed by atoms with E-state index in [2.05, 4.69) is 0 Å². The van der Waals surface area contributed by atoms with Gasteiger partial charge in [-0.15, -0.1) is 0 Å². The van der Waals surface area contributed by atoms with Crippen molar-refractivity contribution in [3.05, 3.63) is 70.3 Å². The fraction of sp³-hybridized carbons (Fsp3) is 0.200. The summed E-state index contributed by atoms with van der Waals surface area (Å²) in [6.07, 6.45) is -0.0988. The van der Waals surface area contributed by atoms with Crippen LogP contribution < -0.4 is 0 Å². The molecule has 33 heavy (non-hydrogen) atoms. The van der Waals surface area contributed by atoms with Crippen molar-refractivity contribution in [3.8, 4) is 34.5 Å². The van der Waals surface area contributed by atoms with Gasteiger partial charge in [0.15, 0.2) is 11.6 Å². The number of phenolic OH excluding ortho intramolecular Hbond substituents is 6. The first-order valence-electron chi connectivity index (χ1n) is 10.3. The van der Waals surface area contributed by atoms with Crippen molar-refractivity contribution in [1.29, 1.82) is 0 Å². The van der Waals surface area contributed by atoms with Gasteiger partial charge >= 0.3 is 0 Å². The van der Waals surface area contributed by atoms with E-state index in [9.17, 15) is 40.2 Å². The minimum atomic E-state index is -1.28. The lowest BCUT2D eigenvalue weighted by atomic mass is 9.80. The molecule has 8 heteroatoms. The first-order chi connectivity index (χ1) is 15.6. The number of carbonyl (C=O) groups is 2. The number of ketones is 2. The van der Waals surface area contributed by atoms with Crippen LogP contribution in [0.3, 0.4) is 0 Å². The van der Waals surface area contributed by atoms with Crippen LogP contribution >= 0.6 is 0 Å². The second-order valence-corrected chi connectivity index (χ2v) is 7.50. The Kier molecular flexibility index (Phi) is 6.48. The van der Waals surface area contributed by atoms with Crippen LogP contribution in [0.15, 0.2) is 42.5 Å². The molecule has 0 saturated carbocycles. The molecule has 0 bridgehead atoms. The zero-order valence-corrected chi connectivity index (χ0v) is 18.0. The molecule has 0 aliphatic rings. The van der Waals surface area contributed by atoms with Crippen LogP contribution in [0.2, 0.25) is 0 Å². The van der Waals surface area contributed by atoms with Crippen molar-refractivity contribution < 1.29 is 40.2 Å². The Balaban J connectivity index is 2.47. The highest BCUT2D eigenvalue weighted by molar-refractivity contribution is 6.03. The lowest BCUT2D eigenvalue weighted by Gasteiger charge is -2.25. The number of carbonyl (C=O) groups excluding carboxylic acids is 2. The van der Waals surface area contributed by atoms with Gasteiger partial charge in [-0.05, 0) is 5.56 Å². The fourth-order valence-corrected chi connectivity index (χ4v) is 3.91. The third-order valence-electron chi connectivity index (χ3n) is 5.51. The van der Waals surface area contributed by atoms with Gasteiger partial charge in [0.05, 0.1) is 0 Å². The molecule has 0 atom stereocenters. The molecule has 0 aliphatic carbocycles. The molecule has 0 saturated heterocycles. The quantitative estimate of drug-likeness (QED) is 0.229. The van der Waals surface area contributed by atoms with Crippen LogP contribution in [0.5, 0.6) is 34.5 Å². The van der Waals surface area contributed by atoms with E-state index in [0.717, 1.165) is 12.1 Å². The van der Waals surface area contributed by atoms with Gasteiger partial charge in [0.1, 0.15) is 45.6 Å². The topological polar surface area (TPSA) is 156 Å². The summed E-state index contributed by atoms with van der Waals surface area (Å²) in [5.41, 5.74) is -1.03. The molecule has 172 valence electrons. The minimum absolute atomic E-state index is 0.0494. The van der Waals surface area contributed by atoms with Crippen LogP contribution in [0.25, 0.3) is 0 Å². The molecule has 3 aromatic rings. The van der Waals surface area contributed by atoms with Crippen LogP contribution in [0.1, 0.15) is 70.0 Å². The molecule has 0 spiro atoms. The zero-order chi connectivity index (χ0) is 24.4. The summed E-state index contributed by atoms with van der Waals surface area (Å²) in [5.74, 6) is -6.42. The summed E-state index contributed by atoms with van der Waals surface area (Å²) in [6, 6.07) is 9.94. The molecule has 6 N–H and O–H groups in total. The van der Waals surface area contributed by atoms with Crippen molar-refractivity contribution in [3.63, 3.8) is 0 Å². The van der Waals surface area contributed by atoms with Gasteiger partial charge in [0.25, 0.3) is 0 Å².